The van der Waals surface area contributed by atoms with Crippen molar-refractivity contribution in [2.45, 2.75) is 12.5 Å². The molecule has 0 spiro atoms. The molecule has 0 aliphatic heterocycles. The van der Waals surface area contributed by atoms with Gasteiger partial charge in [0.25, 0.3) is 0 Å². The van der Waals surface area contributed by atoms with Crippen molar-refractivity contribution in [2.75, 3.05) is 25.2 Å². The highest BCUT2D eigenvalue weighted by molar-refractivity contribution is 7.99. The lowest BCUT2D eigenvalue weighted by atomic mass is 10.1. The number of hydrogen-bond acceptors (Lipinski definition) is 4. The highest BCUT2D eigenvalue weighted by atomic mass is 32.2. The molecule has 0 saturated carbocycles. The van der Waals surface area contributed by atoms with Gasteiger partial charge in [0.15, 0.2) is 0 Å². The molecule has 0 amide bonds. The van der Waals surface area contributed by atoms with Gasteiger partial charge in [-0.05, 0) is 18.2 Å². The second-order valence-corrected chi connectivity index (χ2v) is 4.65. The molecule has 0 heterocycles. The number of benzene rings is 1. The van der Waals surface area contributed by atoms with Crippen molar-refractivity contribution < 1.29 is 9.84 Å². The van der Waals surface area contributed by atoms with Crippen LogP contribution in [0.2, 0.25) is 0 Å². The summed E-state index contributed by atoms with van der Waals surface area (Å²) in [5.41, 5.74) is 7.13. The van der Waals surface area contributed by atoms with E-state index in [1.54, 1.807) is 18.9 Å². The Balaban J connectivity index is 2.48. The van der Waals surface area contributed by atoms with Gasteiger partial charge in [0, 0.05) is 24.0 Å². The van der Waals surface area contributed by atoms with E-state index in [0.29, 0.717) is 0 Å². The van der Waals surface area contributed by atoms with E-state index >= 15 is 0 Å². The molecule has 4 heteroatoms. The summed E-state index contributed by atoms with van der Waals surface area (Å²) in [6, 6.07) is 7.81. The van der Waals surface area contributed by atoms with Crippen molar-refractivity contribution in [1.82, 2.24) is 0 Å². The first-order valence-electron chi connectivity index (χ1n) is 5.36. The third kappa shape index (κ3) is 4.04. The first-order chi connectivity index (χ1) is 7.79. The second kappa shape index (κ2) is 7.54. The molecular weight excluding hydrogens is 222 g/mol. The molecule has 0 saturated heterocycles. The number of nitrogens with two attached hydrogens (primary N) is 1. The number of hydrogen-bond donors (Lipinski definition) is 2. The number of para-hydroxylation sites is 1. The Labute approximate surface area is 101 Å². The van der Waals surface area contributed by atoms with Gasteiger partial charge in [-0.3, -0.25) is 0 Å². The minimum absolute atomic E-state index is 0.0140. The maximum atomic E-state index is 8.67. The summed E-state index contributed by atoms with van der Waals surface area (Å²) in [7, 11) is 1.66. The largest absolute Gasteiger partial charge is 0.496 e. The Morgan fingerprint density at radius 3 is 2.88 bits per heavy atom. The summed E-state index contributed by atoms with van der Waals surface area (Å²) in [6.45, 7) is 0.247. The van der Waals surface area contributed by atoms with Crippen LogP contribution in [0.25, 0.3) is 0 Å². The van der Waals surface area contributed by atoms with E-state index in [0.717, 1.165) is 29.2 Å². The molecule has 3 nitrogen and oxygen atoms in total. The summed E-state index contributed by atoms with van der Waals surface area (Å²) in [4.78, 5) is 0. The van der Waals surface area contributed by atoms with E-state index in [-0.39, 0.29) is 12.6 Å². The number of aliphatic hydroxyl groups excluding tert-OH is 1. The summed E-state index contributed by atoms with van der Waals surface area (Å²) >= 11 is 1.76. The van der Waals surface area contributed by atoms with Crippen molar-refractivity contribution >= 4 is 11.8 Å². The normalized spacial score (nSPS) is 12.4. The summed E-state index contributed by atoms with van der Waals surface area (Å²) in [5, 5.41) is 8.67. The fourth-order valence-corrected chi connectivity index (χ4v) is 2.37. The van der Waals surface area contributed by atoms with Gasteiger partial charge in [-0.15, -0.1) is 0 Å². The molecule has 1 unspecified atom stereocenters. The average Bonchev–Trinajstić information content (AvgIpc) is 2.34. The van der Waals surface area contributed by atoms with Gasteiger partial charge in [-0.1, -0.05) is 18.2 Å². The third-order valence-electron chi connectivity index (χ3n) is 2.28. The van der Waals surface area contributed by atoms with Crippen molar-refractivity contribution in [3.05, 3.63) is 29.8 Å². The zero-order chi connectivity index (χ0) is 11.8. The van der Waals surface area contributed by atoms with E-state index in [4.69, 9.17) is 15.6 Å². The van der Waals surface area contributed by atoms with E-state index in [1.165, 1.54) is 0 Å². The molecule has 0 aromatic heterocycles. The van der Waals surface area contributed by atoms with Crippen molar-refractivity contribution in [2.24, 2.45) is 5.73 Å². The lowest BCUT2D eigenvalue weighted by Gasteiger charge is -2.15. The summed E-state index contributed by atoms with van der Waals surface area (Å²) in [5.74, 6) is 2.64. The third-order valence-corrected chi connectivity index (χ3v) is 3.45. The smallest absolute Gasteiger partial charge is 0.123 e. The number of methoxy groups -OCH3 is 1. The SMILES string of the molecule is COc1ccccc1C(N)CSCCCO. The molecule has 1 rings (SSSR count). The van der Waals surface area contributed by atoms with E-state index in [2.05, 4.69) is 0 Å². The molecule has 0 radical (unpaired) electrons. The van der Waals surface area contributed by atoms with E-state index < -0.39 is 0 Å². The quantitative estimate of drug-likeness (QED) is 0.715. The zero-order valence-corrected chi connectivity index (χ0v) is 10.4. The topological polar surface area (TPSA) is 55.5 Å². The van der Waals surface area contributed by atoms with Crippen LogP contribution in [0.4, 0.5) is 0 Å². The van der Waals surface area contributed by atoms with Crippen LogP contribution in [-0.2, 0) is 0 Å². The monoisotopic (exact) mass is 241 g/mol. The maximum Gasteiger partial charge on any atom is 0.123 e. The van der Waals surface area contributed by atoms with Crippen LogP contribution in [-0.4, -0.2) is 30.3 Å². The van der Waals surface area contributed by atoms with Crippen LogP contribution >= 0.6 is 11.8 Å². The number of rotatable bonds is 7. The van der Waals surface area contributed by atoms with Crippen LogP contribution in [0.15, 0.2) is 24.3 Å². The lowest BCUT2D eigenvalue weighted by molar-refractivity contribution is 0.296. The molecular formula is C12H19NO2S. The number of aliphatic hydroxyl groups is 1. The van der Waals surface area contributed by atoms with Gasteiger partial charge in [-0.2, -0.15) is 11.8 Å². The van der Waals surface area contributed by atoms with Crippen LogP contribution in [0.1, 0.15) is 18.0 Å². The van der Waals surface area contributed by atoms with Gasteiger partial charge in [0.2, 0.25) is 0 Å². The summed E-state index contributed by atoms with van der Waals surface area (Å²) < 4.78 is 5.26. The Hall–Kier alpha value is -0.710. The van der Waals surface area contributed by atoms with Crippen molar-refractivity contribution in [1.29, 1.82) is 0 Å². The van der Waals surface area contributed by atoms with Gasteiger partial charge in [-0.25, -0.2) is 0 Å². The summed E-state index contributed by atoms with van der Waals surface area (Å²) in [6.07, 6.45) is 0.823. The zero-order valence-electron chi connectivity index (χ0n) is 9.56. The van der Waals surface area contributed by atoms with Crippen LogP contribution in [0.3, 0.4) is 0 Å². The van der Waals surface area contributed by atoms with Gasteiger partial charge in [0.05, 0.1) is 7.11 Å². The molecule has 1 aromatic rings. The van der Waals surface area contributed by atoms with Crippen molar-refractivity contribution in [3.63, 3.8) is 0 Å². The van der Waals surface area contributed by atoms with Gasteiger partial charge < -0.3 is 15.6 Å². The highest BCUT2D eigenvalue weighted by Gasteiger charge is 2.10. The second-order valence-electron chi connectivity index (χ2n) is 3.50. The molecule has 0 fully saturated rings. The average molecular weight is 241 g/mol. The Kier molecular flexibility index (Phi) is 6.30. The number of ether oxygens (including phenoxy) is 1. The highest BCUT2D eigenvalue weighted by Crippen LogP contribution is 2.25. The Morgan fingerprint density at radius 2 is 2.19 bits per heavy atom. The number of thioether (sulfide) groups is 1. The molecule has 0 aliphatic rings. The maximum absolute atomic E-state index is 8.67. The molecule has 16 heavy (non-hydrogen) atoms. The van der Waals surface area contributed by atoms with E-state index in [1.807, 2.05) is 24.3 Å². The Morgan fingerprint density at radius 1 is 1.44 bits per heavy atom. The van der Waals surface area contributed by atoms with E-state index in [9.17, 15) is 0 Å². The fraction of sp³-hybridized carbons (Fsp3) is 0.500. The molecule has 1 atom stereocenters. The molecule has 1 aromatic carbocycles. The minimum atomic E-state index is -0.0140. The molecule has 90 valence electrons. The van der Waals surface area contributed by atoms with Crippen LogP contribution < -0.4 is 10.5 Å². The molecule has 0 bridgehead atoms. The predicted molar refractivity (Wildman–Crippen MR) is 69.0 cm³/mol. The minimum Gasteiger partial charge on any atom is -0.496 e. The van der Waals surface area contributed by atoms with Crippen LogP contribution in [0, 0.1) is 0 Å². The Bertz CT molecular complexity index is 307. The molecule has 0 aliphatic carbocycles. The van der Waals surface area contributed by atoms with Crippen LogP contribution in [0.5, 0.6) is 5.75 Å². The van der Waals surface area contributed by atoms with Gasteiger partial charge in [0.1, 0.15) is 5.75 Å². The fourth-order valence-electron chi connectivity index (χ4n) is 1.44. The first kappa shape index (κ1) is 13.4. The standard InChI is InChI=1S/C12H19NO2S/c1-15-12-6-3-2-5-10(12)11(13)9-16-8-4-7-14/h2-3,5-6,11,14H,4,7-9,13H2,1H3. The van der Waals surface area contributed by atoms with Gasteiger partial charge >= 0.3 is 0 Å². The predicted octanol–water partition coefficient (Wildman–Crippen LogP) is 1.81. The molecule has 3 N–H and O–H groups in total. The lowest BCUT2D eigenvalue weighted by Crippen LogP contribution is -2.14. The van der Waals surface area contributed by atoms with Crippen molar-refractivity contribution in [3.8, 4) is 5.75 Å². The first-order valence-corrected chi connectivity index (χ1v) is 6.52.